The summed E-state index contributed by atoms with van der Waals surface area (Å²) in [5.74, 6) is 0.654. The van der Waals surface area contributed by atoms with Crippen molar-refractivity contribution in [2.45, 2.75) is 23.9 Å². The molecular weight excluding hydrogens is 409 g/mol. The van der Waals surface area contributed by atoms with Gasteiger partial charge in [0.05, 0.1) is 11.5 Å². The van der Waals surface area contributed by atoms with Crippen molar-refractivity contribution in [3.63, 3.8) is 0 Å². The van der Waals surface area contributed by atoms with E-state index in [0.29, 0.717) is 31.7 Å². The summed E-state index contributed by atoms with van der Waals surface area (Å²) < 4.78 is 71.6. The van der Waals surface area contributed by atoms with E-state index in [1.165, 1.54) is 10.4 Å². The summed E-state index contributed by atoms with van der Waals surface area (Å²) in [6.07, 6.45) is -2.38. The maximum Gasteiger partial charge on any atom is 0.433 e. The van der Waals surface area contributed by atoms with Gasteiger partial charge in [0.25, 0.3) is 0 Å². The van der Waals surface area contributed by atoms with Crippen molar-refractivity contribution >= 4 is 16.0 Å². The van der Waals surface area contributed by atoms with E-state index in [1.54, 1.807) is 17.0 Å². The minimum absolute atomic E-state index is 0.0475. The Labute approximate surface area is 166 Å². The second-order valence-electron chi connectivity index (χ2n) is 6.85. The molecule has 0 radical (unpaired) electrons. The zero-order valence-electron chi connectivity index (χ0n) is 15.4. The van der Waals surface area contributed by atoms with Gasteiger partial charge in [-0.05, 0) is 36.2 Å². The van der Waals surface area contributed by atoms with E-state index in [2.05, 4.69) is 9.97 Å². The predicted molar refractivity (Wildman–Crippen MR) is 98.3 cm³/mol. The summed E-state index contributed by atoms with van der Waals surface area (Å²) in [6.45, 7) is 1.51. The third kappa shape index (κ3) is 4.01. The van der Waals surface area contributed by atoms with Gasteiger partial charge < -0.3 is 9.64 Å². The molecule has 4 rings (SSSR count). The molecule has 2 aliphatic rings. The third-order valence-electron chi connectivity index (χ3n) is 4.97. The first-order valence-corrected chi connectivity index (χ1v) is 10.6. The first-order chi connectivity index (χ1) is 13.7. The topological polar surface area (TPSA) is 75.6 Å². The van der Waals surface area contributed by atoms with Gasteiger partial charge in [0, 0.05) is 38.8 Å². The van der Waals surface area contributed by atoms with Gasteiger partial charge in [-0.3, -0.25) is 0 Å². The normalized spacial score (nSPS) is 18.2. The maximum atomic E-state index is 13.1. The third-order valence-corrected chi connectivity index (χ3v) is 6.86. The lowest BCUT2D eigenvalue weighted by Gasteiger charge is -2.22. The minimum Gasteiger partial charge on any atom is -0.493 e. The van der Waals surface area contributed by atoms with E-state index >= 15 is 0 Å². The van der Waals surface area contributed by atoms with Crippen LogP contribution in [0.1, 0.15) is 17.7 Å². The molecule has 0 atom stereocenters. The van der Waals surface area contributed by atoms with Crippen LogP contribution in [0, 0.1) is 0 Å². The second kappa shape index (κ2) is 7.45. The van der Waals surface area contributed by atoms with Crippen LogP contribution in [0.2, 0.25) is 0 Å². The summed E-state index contributed by atoms with van der Waals surface area (Å²) in [5.41, 5.74) is -0.156. The van der Waals surface area contributed by atoms with Crippen molar-refractivity contribution in [1.82, 2.24) is 14.3 Å². The van der Waals surface area contributed by atoms with Gasteiger partial charge in [0.2, 0.25) is 16.0 Å². The molecule has 0 N–H and O–H groups in total. The highest BCUT2D eigenvalue weighted by Crippen LogP contribution is 2.30. The zero-order valence-corrected chi connectivity index (χ0v) is 16.2. The highest BCUT2D eigenvalue weighted by atomic mass is 32.2. The Hall–Kier alpha value is -2.40. The summed E-state index contributed by atoms with van der Waals surface area (Å²) in [6, 6.07) is 5.64. The molecule has 1 fully saturated rings. The molecule has 1 aromatic heterocycles. The summed E-state index contributed by atoms with van der Waals surface area (Å²) >= 11 is 0. The van der Waals surface area contributed by atoms with Gasteiger partial charge in [0.15, 0.2) is 0 Å². The number of hydrogen-bond donors (Lipinski definition) is 0. The lowest BCUT2D eigenvalue weighted by Crippen LogP contribution is -2.35. The second-order valence-corrected chi connectivity index (χ2v) is 8.79. The maximum absolute atomic E-state index is 13.1. The van der Waals surface area contributed by atoms with Gasteiger partial charge in [-0.25, -0.2) is 18.4 Å². The highest BCUT2D eigenvalue weighted by molar-refractivity contribution is 7.89. The van der Waals surface area contributed by atoms with Gasteiger partial charge in [0.1, 0.15) is 11.4 Å². The molecule has 29 heavy (non-hydrogen) atoms. The van der Waals surface area contributed by atoms with Crippen LogP contribution in [0.15, 0.2) is 35.4 Å². The smallest absolute Gasteiger partial charge is 0.433 e. The number of aromatic nitrogens is 2. The van der Waals surface area contributed by atoms with E-state index in [-0.39, 0.29) is 30.5 Å². The number of ether oxygens (including phenoxy) is 1. The van der Waals surface area contributed by atoms with Crippen molar-refractivity contribution < 1.29 is 26.3 Å². The highest BCUT2D eigenvalue weighted by Gasteiger charge is 2.34. The number of halogens is 3. The van der Waals surface area contributed by atoms with E-state index < -0.39 is 21.9 Å². The van der Waals surface area contributed by atoms with Gasteiger partial charge >= 0.3 is 6.18 Å². The van der Waals surface area contributed by atoms with Gasteiger partial charge in [-0.15, -0.1) is 0 Å². The Morgan fingerprint density at radius 2 is 1.90 bits per heavy atom. The fraction of sp³-hybridized carbons (Fsp3) is 0.444. The Morgan fingerprint density at radius 1 is 1.07 bits per heavy atom. The quantitative estimate of drug-likeness (QED) is 0.747. The fourth-order valence-corrected chi connectivity index (χ4v) is 4.99. The van der Waals surface area contributed by atoms with Crippen LogP contribution < -0.4 is 9.64 Å². The van der Waals surface area contributed by atoms with Crippen molar-refractivity contribution in [1.29, 1.82) is 0 Å². The van der Waals surface area contributed by atoms with Crippen LogP contribution in [0.25, 0.3) is 0 Å². The van der Waals surface area contributed by atoms with Gasteiger partial charge in [-0.1, -0.05) is 0 Å². The molecule has 0 unspecified atom stereocenters. The molecule has 1 saturated heterocycles. The number of nitrogens with zero attached hydrogens (tertiary/aromatic N) is 4. The van der Waals surface area contributed by atoms with Crippen molar-refractivity contribution in [3.05, 3.63) is 41.7 Å². The molecule has 0 bridgehead atoms. The number of sulfonamides is 1. The average Bonchev–Trinajstić information content (AvgIpc) is 3.01. The monoisotopic (exact) mass is 428 g/mol. The van der Waals surface area contributed by atoms with Crippen LogP contribution in [-0.4, -0.2) is 55.5 Å². The van der Waals surface area contributed by atoms with E-state index in [0.717, 1.165) is 17.8 Å². The first kappa shape index (κ1) is 19.9. The van der Waals surface area contributed by atoms with Crippen LogP contribution in [0.5, 0.6) is 5.75 Å². The Kier molecular flexibility index (Phi) is 5.11. The SMILES string of the molecule is O=S(=O)(c1ccc2c(c1)CCO2)N1CCCN(c2nccc(C(F)(F)F)n2)CC1. The Morgan fingerprint density at radius 3 is 2.69 bits per heavy atom. The van der Waals surface area contributed by atoms with E-state index in [9.17, 15) is 21.6 Å². The standard InChI is InChI=1S/C18H19F3N4O3S/c19-18(20,21)16-4-6-22-17(23-16)24-7-1-8-25(10-9-24)29(26,27)14-2-3-15-13(12-14)5-11-28-15/h2-4,6,12H,1,5,7-11H2. The number of hydrogen-bond acceptors (Lipinski definition) is 6. The molecule has 11 heteroatoms. The molecule has 2 aliphatic heterocycles. The van der Waals surface area contributed by atoms with Crippen molar-refractivity contribution in [3.8, 4) is 5.75 Å². The Balaban J connectivity index is 1.52. The predicted octanol–water partition coefficient (Wildman–Crippen LogP) is 2.33. The minimum atomic E-state index is -4.56. The Bertz CT molecular complexity index is 1010. The lowest BCUT2D eigenvalue weighted by molar-refractivity contribution is -0.141. The number of benzene rings is 1. The first-order valence-electron chi connectivity index (χ1n) is 9.16. The summed E-state index contributed by atoms with van der Waals surface area (Å²) in [5, 5.41) is 0. The van der Waals surface area contributed by atoms with Crippen LogP contribution in [0.4, 0.5) is 19.1 Å². The zero-order chi connectivity index (χ0) is 20.6. The van der Waals surface area contributed by atoms with Crippen LogP contribution >= 0.6 is 0 Å². The number of anilines is 1. The van der Waals surface area contributed by atoms with Gasteiger partial charge in [-0.2, -0.15) is 17.5 Å². The molecule has 0 amide bonds. The average molecular weight is 428 g/mol. The molecular formula is C18H19F3N4O3S. The lowest BCUT2D eigenvalue weighted by atomic mass is 10.2. The number of fused-ring (bicyclic) bond motifs is 1. The number of rotatable bonds is 3. The molecule has 0 aliphatic carbocycles. The largest absolute Gasteiger partial charge is 0.493 e. The fourth-order valence-electron chi connectivity index (χ4n) is 3.47. The molecule has 0 spiro atoms. The summed E-state index contributed by atoms with van der Waals surface area (Å²) in [7, 11) is -3.71. The molecule has 1 aromatic carbocycles. The number of alkyl halides is 3. The van der Waals surface area contributed by atoms with Crippen LogP contribution in [-0.2, 0) is 22.6 Å². The molecule has 3 heterocycles. The van der Waals surface area contributed by atoms with E-state index in [1.807, 2.05) is 0 Å². The molecule has 0 saturated carbocycles. The van der Waals surface area contributed by atoms with Crippen molar-refractivity contribution in [2.75, 3.05) is 37.7 Å². The molecule has 2 aromatic rings. The van der Waals surface area contributed by atoms with Crippen molar-refractivity contribution in [2.24, 2.45) is 0 Å². The molecule has 7 nitrogen and oxygen atoms in total. The van der Waals surface area contributed by atoms with E-state index in [4.69, 9.17) is 4.74 Å². The summed E-state index contributed by atoms with van der Waals surface area (Å²) in [4.78, 5) is 9.32. The van der Waals surface area contributed by atoms with Crippen LogP contribution in [0.3, 0.4) is 0 Å². The molecule has 156 valence electrons.